The maximum atomic E-state index is 12.4. The molecule has 0 aliphatic heterocycles. The molecule has 0 aliphatic carbocycles. The van der Waals surface area contributed by atoms with Crippen LogP contribution in [0.1, 0.15) is 25.7 Å². The Morgan fingerprint density at radius 3 is 1.94 bits per heavy atom. The number of carbonyl (C=O) groups is 5. The van der Waals surface area contributed by atoms with E-state index in [1.54, 1.807) is 6.26 Å². The second kappa shape index (κ2) is 15.9. The molecule has 0 fully saturated rings. The Kier molecular flexibility index (Phi) is 15.0. The maximum Gasteiger partial charge on any atom is 0.341 e. The minimum absolute atomic E-state index is 0.0431. The molecule has 0 bridgehead atoms. The minimum Gasteiger partial charge on any atom is -0.480 e. The van der Waals surface area contributed by atoms with Crippen molar-refractivity contribution in [1.82, 2.24) is 21.3 Å². The maximum absolute atomic E-state index is 12.4. The van der Waals surface area contributed by atoms with Crippen LogP contribution in [-0.4, -0.2) is 97.4 Å². The average Bonchev–Trinajstić information content (AvgIpc) is 2.71. The zero-order chi connectivity index (χ0) is 27.2. The predicted octanol–water partition coefficient (Wildman–Crippen LogP) is -2.49. The van der Waals surface area contributed by atoms with Gasteiger partial charge < -0.3 is 45.9 Å². The molecule has 16 nitrogen and oxygen atoms in total. The number of carboxylic acids is 1. The van der Waals surface area contributed by atoms with Gasteiger partial charge in [-0.2, -0.15) is 11.8 Å². The summed E-state index contributed by atoms with van der Waals surface area (Å²) in [6.45, 7) is -1.19. The van der Waals surface area contributed by atoms with E-state index in [1.165, 1.54) is 11.8 Å². The zero-order valence-corrected chi connectivity index (χ0v) is 21.3. The molecule has 0 rings (SSSR count). The Balaban J connectivity index is 4.71. The molecule has 35 heavy (non-hydrogen) atoms. The second-order valence-corrected chi connectivity index (χ2v) is 12.0. The van der Waals surface area contributed by atoms with Crippen LogP contribution < -0.4 is 21.3 Å². The van der Waals surface area contributed by atoms with Crippen molar-refractivity contribution in [1.29, 1.82) is 0 Å². The molecule has 0 saturated carbocycles. The molecule has 0 spiro atoms. The largest absolute Gasteiger partial charge is 0.480 e. The van der Waals surface area contributed by atoms with Crippen molar-refractivity contribution >= 4 is 56.6 Å². The number of rotatable bonds is 17. The lowest BCUT2D eigenvalue weighted by molar-refractivity contribution is -0.138. The lowest BCUT2D eigenvalue weighted by atomic mass is 10.1. The molecule has 9 N–H and O–H groups in total. The fourth-order valence-corrected chi connectivity index (χ4v) is 5.26. The predicted molar refractivity (Wildman–Crippen MR) is 123 cm³/mol. The van der Waals surface area contributed by atoms with Gasteiger partial charge in [-0.15, -0.1) is 0 Å². The smallest absolute Gasteiger partial charge is 0.341 e. The Hall–Kier alpha value is -2.00. The van der Waals surface area contributed by atoms with Crippen molar-refractivity contribution in [2.45, 2.75) is 37.1 Å². The first-order valence-corrected chi connectivity index (χ1v) is 14.7. The van der Waals surface area contributed by atoms with Crippen molar-refractivity contribution < 1.29 is 57.8 Å². The molecule has 0 radical (unpaired) electrons. The summed E-state index contributed by atoms with van der Waals surface area (Å²) in [6, 6.07) is -1.04. The summed E-state index contributed by atoms with van der Waals surface area (Å²) in [4.78, 5) is 94.2. The van der Waals surface area contributed by atoms with E-state index >= 15 is 0 Å². The number of carboxylic acid groups (broad SMARTS) is 1. The van der Waals surface area contributed by atoms with E-state index in [0.29, 0.717) is 0 Å². The van der Waals surface area contributed by atoms with Gasteiger partial charge in [0.05, 0.1) is 18.7 Å². The van der Waals surface area contributed by atoms with Crippen LogP contribution in [0, 0.1) is 0 Å². The standard InChI is InChI=1S/C16H30N4O12P2S/c1-35-9-13(23)20-10(16(26)19-7-12(22)18-8-14(24)25)4-2-3-5-17-11(21)6-15(33(27,28)29)34(30,31)32/h10,15H,2-9H2,1H3,(H,17,21)(H,18,22)(H,19,26)(H,20,23)(H,24,25)(H2,27,28,29)(H2,30,31,32). The van der Waals surface area contributed by atoms with E-state index in [0.717, 1.165) is 0 Å². The van der Waals surface area contributed by atoms with Crippen LogP contribution in [0.4, 0.5) is 0 Å². The Morgan fingerprint density at radius 2 is 1.43 bits per heavy atom. The van der Waals surface area contributed by atoms with Crippen molar-refractivity contribution in [3.05, 3.63) is 0 Å². The second-order valence-electron chi connectivity index (χ2n) is 7.15. The molecule has 0 aliphatic rings. The van der Waals surface area contributed by atoms with Crippen LogP contribution in [0.2, 0.25) is 0 Å². The highest BCUT2D eigenvalue weighted by Crippen LogP contribution is 2.61. The number of nitrogens with one attached hydrogen (secondary N) is 4. The number of hydrogen-bond acceptors (Lipinski definition) is 8. The van der Waals surface area contributed by atoms with Crippen LogP contribution in [0.15, 0.2) is 0 Å². The molecule has 19 heteroatoms. The highest BCUT2D eigenvalue weighted by atomic mass is 32.2. The monoisotopic (exact) mass is 564 g/mol. The number of thioether (sulfide) groups is 1. The third-order valence-electron chi connectivity index (χ3n) is 4.17. The van der Waals surface area contributed by atoms with Crippen molar-refractivity contribution in [3.8, 4) is 0 Å². The SMILES string of the molecule is CSCC(=O)NC(CCCCNC(=O)CC(P(=O)(O)O)P(=O)(O)O)C(=O)NCC(=O)NCC(=O)O. The molecule has 4 amide bonds. The summed E-state index contributed by atoms with van der Waals surface area (Å²) in [5, 5.41) is 15.2. The lowest BCUT2D eigenvalue weighted by Crippen LogP contribution is -2.49. The van der Waals surface area contributed by atoms with Crippen LogP contribution >= 0.6 is 27.0 Å². The summed E-state index contributed by atoms with van der Waals surface area (Å²) in [6.07, 6.45) is 1.18. The number of amides is 4. The van der Waals surface area contributed by atoms with E-state index < -0.39 is 75.7 Å². The van der Waals surface area contributed by atoms with E-state index in [4.69, 9.17) is 24.7 Å². The molecule has 0 aromatic carbocycles. The number of carbonyl (C=O) groups excluding carboxylic acids is 4. The van der Waals surface area contributed by atoms with Crippen molar-refractivity contribution in [3.63, 3.8) is 0 Å². The van der Waals surface area contributed by atoms with E-state index in [1.807, 2.05) is 0 Å². The number of hydrogen-bond donors (Lipinski definition) is 9. The lowest BCUT2D eigenvalue weighted by Gasteiger charge is -2.19. The Bertz CT molecular complexity index is 839. The van der Waals surface area contributed by atoms with Gasteiger partial charge in [0.2, 0.25) is 23.6 Å². The van der Waals surface area contributed by atoms with E-state index in [9.17, 15) is 33.1 Å². The number of unbranched alkanes of at least 4 members (excludes halogenated alkanes) is 1. The summed E-state index contributed by atoms with van der Waals surface area (Å²) in [5.41, 5.74) is 0. The van der Waals surface area contributed by atoms with Gasteiger partial charge in [0.15, 0.2) is 5.40 Å². The fourth-order valence-electron chi connectivity index (χ4n) is 2.54. The molecule has 0 aromatic rings. The number of aliphatic carboxylic acids is 1. The van der Waals surface area contributed by atoms with Gasteiger partial charge in [-0.3, -0.25) is 33.1 Å². The molecule has 1 unspecified atom stereocenters. The van der Waals surface area contributed by atoms with Gasteiger partial charge in [-0.1, -0.05) is 0 Å². The molecule has 1 atom stereocenters. The van der Waals surface area contributed by atoms with Crippen LogP contribution in [0.3, 0.4) is 0 Å². The summed E-state index contributed by atoms with van der Waals surface area (Å²) >= 11 is 1.21. The average molecular weight is 564 g/mol. The first-order chi connectivity index (χ1) is 16.1. The van der Waals surface area contributed by atoms with Gasteiger partial charge in [0.25, 0.3) is 0 Å². The topological polar surface area (TPSA) is 269 Å². The van der Waals surface area contributed by atoms with Crippen LogP contribution in [0.25, 0.3) is 0 Å². The molecule has 0 saturated heterocycles. The Morgan fingerprint density at radius 1 is 0.829 bits per heavy atom. The summed E-state index contributed by atoms with van der Waals surface area (Å²) in [7, 11) is -10.5. The van der Waals surface area contributed by atoms with Gasteiger partial charge in [0, 0.05) is 6.54 Å². The normalized spacial score (nSPS) is 12.5. The summed E-state index contributed by atoms with van der Waals surface area (Å²) in [5.74, 6) is -4.07. The molecule has 0 heterocycles. The zero-order valence-electron chi connectivity index (χ0n) is 18.7. The minimum atomic E-state index is -5.23. The quantitative estimate of drug-likeness (QED) is 0.0654. The first kappa shape index (κ1) is 33.0. The molecule has 0 aromatic heterocycles. The fraction of sp³-hybridized carbons (Fsp3) is 0.688. The van der Waals surface area contributed by atoms with Gasteiger partial charge >= 0.3 is 21.2 Å². The third kappa shape index (κ3) is 15.6. The summed E-state index contributed by atoms with van der Waals surface area (Å²) < 4.78 is 22.4. The third-order valence-corrected chi connectivity index (χ3v) is 8.45. The van der Waals surface area contributed by atoms with Crippen LogP contribution in [-0.2, 0) is 33.1 Å². The Labute approximate surface area is 204 Å². The molecule has 202 valence electrons. The van der Waals surface area contributed by atoms with Crippen molar-refractivity contribution in [2.75, 3.05) is 31.6 Å². The highest BCUT2D eigenvalue weighted by Gasteiger charge is 2.44. The first-order valence-electron chi connectivity index (χ1n) is 9.99. The highest BCUT2D eigenvalue weighted by molar-refractivity contribution is 7.99. The van der Waals surface area contributed by atoms with Crippen LogP contribution in [0.5, 0.6) is 0 Å². The van der Waals surface area contributed by atoms with Gasteiger partial charge in [-0.25, -0.2) is 0 Å². The van der Waals surface area contributed by atoms with Gasteiger partial charge in [0.1, 0.15) is 12.6 Å². The van der Waals surface area contributed by atoms with Gasteiger partial charge in [-0.05, 0) is 25.5 Å². The van der Waals surface area contributed by atoms with E-state index in [2.05, 4.69) is 21.3 Å². The van der Waals surface area contributed by atoms with Crippen molar-refractivity contribution in [2.24, 2.45) is 0 Å². The molecular weight excluding hydrogens is 534 g/mol. The van der Waals surface area contributed by atoms with E-state index in [-0.39, 0.29) is 31.6 Å². The molecular formula is C16H30N4O12P2S.